The summed E-state index contributed by atoms with van der Waals surface area (Å²) in [5.41, 5.74) is -0.394. The maximum atomic E-state index is 14.5. The van der Waals surface area contributed by atoms with Crippen molar-refractivity contribution in [3.05, 3.63) is 63.5 Å². The number of hydrogen-bond acceptors (Lipinski definition) is 6. The third-order valence-electron chi connectivity index (χ3n) is 5.89. The Morgan fingerprint density at radius 3 is 2.58 bits per heavy atom. The zero-order valence-electron chi connectivity index (χ0n) is 17.7. The molecule has 2 aromatic carbocycles. The second-order valence-corrected chi connectivity index (χ2v) is 7.97. The zero-order valence-corrected chi connectivity index (χ0v) is 17.7. The van der Waals surface area contributed by atoms with Crippen LogP contribution in [0.1, 0.15) is 23.2 Å². The van der Waals surface area contributed by atoms with Crippen LogP contribution in [0.25, 0.3) is 0 Å². The zero-order chi connectivity index (χ0) is 23.5. The normalized spacial score (nSPS) is 18.5. The minimum absolute atomic E-state index is 0.0409. The number of piperazine rings is 1. The molecule has 176 valence electrons. The molecule has 0 radical (unpaired) electrons. The third kappa shape index (κ3) is 4.87. The van der Waals surface area contributed by atoms with Crippen molar-refractivity contribution in [3.63, 3.8) is 0 Å². The second-order valence-electron chi connectivity index (χ2n) is 7.97. The number of nitrogens with zero attached hydrogens (tertiary/aromatic N) is 3. The number of nitro groups is 1. The Hall–Kier alpha value is -3.34. The summed E-state index contributed by atoms with van der Waals surface area (Å²) in [5.74, 6) is -3.71. The minimum Gasteiger partial charge on any atom is -0.380 e. The second kappa shape index (κ2) is 9.65. The fourth-order valence-electron chi connectivity index (χ4n) is 4.11. The van der Waals surface area contributed by atoms with Gasteiger partial charge in [-0.1, -0.05) is 6.07 Å². The number of anilines is 2. The van der Waals surface area contributed by atoms with Crippen LogP contribution in [0.15, 0.2) is 30.3 Å². The molecule has 11 heteroatoms. The van der Waals surface area contributed by atoms with E-state index in [4.69, 9.17) is 4.74 Å². The lowest BCUT2D eigenvalue weighted by Gasteiger charge is -2.36. The molecule has 1 N–H and O–H groups in total. The number of rotatable bonds is 6. The standard InChI is InChI=1S/C22H23F3N4O4/c23-16-5-1-4-15(21(16)25)22(30)28-8-6-27(7-9-28)19-12-18(17(24)11-20(19)29(31)32)26-13-14-3-2-10-33-14/h1,4-5,11-12,14,26H,2-3,6-10,13H2/t14-/m1/s1. The molecule has 2 aromatic rings. The molecule has 2 aliphatic rings. The number of nitrogens with one attached hydrogen (secondary N) is 1. The lowest BCUT2D eigenvalue weighted by Crippen LogP contribution is -2.49. The van der Waals surface area contributed by atoms with Crippen LogP contribution < -0.4 is 10.2 Å². The monoisotopic (exact) mass is 464 g/mol. The van der Waals surface area contributed by atoms with Gasteiger partial charge in [0.15, 0.2) is 17.5 Å². The molecule has 0 aromatic heterocycles. The molecule has 0 bridgehead atoms. The van der Waals surface area contributed by atoms with Crippen LogP contribution in [-0.4, -0.2) is 61.2 Å². The van der Waals surface area contributed by atoms with Gasteiger partial charge in [0.25, 0.3) is 11.6 Å². The van der Waals surface area contributed by atoms with E-state index < -0.39 is 28.3 Å². The Morgan fingerprint density at radius 2 is 1.91 bits per heavy atom. The van der Waals surface area contributed by atoms with Crippen molar-refractivity contribution in [3.8, 4) is 0 Å². The lowest BCUT2D eigenvalue weighted by atomic mass is 10.1. The summed E-state index contributed by atoms with van der Waals surface area (Å²) in [5, 5.41) is 14.5. The van der Waals surface area contributed by atoms with Crippen molar-refractivity contribution in [2.24, 2.45) is 0 Å². The maximum absolute atomic E-state index is 14.5. The molecule has 33 heavy (non-hydrogen) atoms. The fraction of sp³-hybridized carbons (Fsp3) is 0.409. The Labute approximate surface area is 188 Å². The van der Waals surface area contributed by atoms with Crippen molar-refractivity contribution in [1.82, 2.24) is 4.90 Å². The molecule has 0 spiro atoms. The predicted octanol–water partition coefficient (Wildman–Crippen LogP) is 3.57. The summed E-state index contributed by atoms with van der Waals surface area (Å²) in [6.07, 6.45) is 1.75. The number of hydrogen-bond donors (Lipinski definition) is 1. The van der Waals surface area contributed by atoms with Crippen LogP contribution in [0, 0.1) is 27.6 Å². The van der Waals surface area contributed by atoms with Crippen LogP contribution >= 0.6 is 0 Å². The van der Waals surface area contributed by atoms with E-state index in [0.717, 1.165) is 25.0 Å². The number of nitro benzene ring substituents is 1. The Balaban J connectivity index is 1.49. The largest absolute Gasteiger partial charge is 0.380 e. The molecule has 2 fully saturated rings. The summed E-state index contributed by atoms with van der Waals surface area (Å²) in [4.78, 5) is 26.6. The van der Waals surface area contributed by atoms with Crippen molar-refractivity contribution < 1.29 is 27.6 Å². The van der Waals surface area contributed by atoms with Gasteiger partial charge < -0.3 is 19.9 Å². The van der Waals surface area contributed by atoms with Gasteiger partial charge in [-0.3, -0.25) is 14.9 Å². The molecule has 8 nitrogen and oxygen atoms in total. The highest BCUT2D eigenvalue weighted by atomic mass is 19.2. The van der Waals surface area contributed by atoms with Crippen LogP contribution in [-0.2, 0) is 4.74 Å². The smallest absolute Gasteiger partial charge is 0.295 e. The maximum Gasteiger partial charge on any atom is 0.295 e. The highest BCUT2D eigenvalue weighted by Crippen LogP contribution is 2.34. The summed E-state index contributed by atoms with van der Waals surface area (Å²) < 4.78 is 47.5. The molecule has 2 aliphatic heterocycles. The first-order chi connectivity index (χ1) is 15.8. The Morgan fingerprint density at radius 1 is 1.15 bits per heavy atom. The van der Waals surface area contributed by atoms with Gasteiger partial charge in [0.1, 0.15) is 5.69 Å². The first-order valence-electron chi connectivity index (χ1n) is 10.7. The molecule has 1 atom stereocenters. The Bertz CT molecular complexity index is 1050. The van der Waals surface area contributed by atoms with Gasteiger partial charge in [-0.15, -0.1) is 0 Å². The van der Waals surface area contributed by atoms with Crippen molar-refractivity contribution in [1.29, 1.82) is 0 Å². The van der Waals surface area contributed by atoms with Gasteiger partial charge >= 0.3 is 0 Å². The van der Waals surface area contributed by atoms with Gasteiger partial charge in [-0.25, -0.2) is 13.2 Å². The third-order valence-corrected chi connectivity index (χ3v) is 5.89. The highest BCUT2D eigenvalue weighted by Gasteiger charge is 2.29. The van der Waals surface area contributed by atoms with E-state index in [-0.39, 0.29) is 54.9 Å². The molecular weight excluding hydrogens is 441 g/mol. The van der Waals surface area contributed by atoms with Crippen LogP contribution in [0.5, 0.6) is 0 Å². The van der Waals surface area contributed by atoms with E-state index in [1.165, 1.54) is 23.1 Å². The van der Waals surface area contributed by atoms with E-state index in [1.54, 1.807) is 4.90 Å². The fourth-order valence-corrected chi connectivity index (χ4v) is 4.11. The molecular formula is C22H23F3N4O4. The van der Waals surface area contributed by atoms with Crippen molar-refractivity contribution >= 4 is 23.0 Å². The SMILES string of the molecule is O=C(c1cccc(F)c1F)N1CCN(c2cc(NC[C@H]3CCCO3)c(F)cc2[N+](=O)[O-])CC1. The lowest BCUT2D eigenvalue weighted by molar-refractivity contribution is -0.384. The number of amides is 1. The van der Waals surface area contributed by atoms with E-state index in [9.17, 15) is 28.1 Å². The predicted molar refractivity (Wildman–Crippen MR) is 115 cm³/mol. The Kier molecular flexibility index (Phi) is 6.68. The highest BCUT2D eigenvalue weighted by molar-refractivity contribution is 5.94. The number of benzene rings is 2. The number of ether oxygens (including phenoxy) is 1. The summed E-state index contributed by atoms with van der Waals surface area (Å²) in [6, 6.07) is 5.68. The quantitative estimate of drug-likeness (QED) is 0.520. The van der Waals surface area contributed by atoms with Crippen LogP contribution in [0.3, 0.4) is 0 Å². The number of halogens is 3. The average Bonchev–Trinajstić information content (AvgIpc) is 3.33. The van der Waals surface area contributed by atoms with Gasteiger partial charge in [-0.2, -0.15) is 0 Å². The summed E-state index contributed by atoms with van der Waals surface area (Å²) >= 11 is 0. The number of carbonyl (C=O) groups excluding carboxylic acids is 1. The van der Waals surface area contributed by atoms with E-state index in [2.05, 4.69) is 5.32 Å². The van der Waals surface area contributed by atoms with E-state index in [0.29, 0.717) is 13.2 Å². The summed E-state index contributed by atoms with van der Waals surface area (Å²) in [7, 11) is 0. The van der Waals surface area contributed by atoms with Crippen molar-refractivity contribution in [2.45, 2.75) is 18.9 Å². The molecule has 4 rings (SSSR count). The van der Waals surface area contributed by atoms with Gasteiger partial charge in [-0.05, 0) is 31.0 Å². The first kappa shape index (κ1) is 22.8. The van der Waals surface area contributed by atoms with Gasteiger partial charge in [0, 0.05) is 39.3 Å². The average molecular weight is 464 g/mol. The molecule has 0 saturated carbocycles. The first-order valence-corrected chi connectivity index (χ1v) is 10.7. The molecule has 1 amide bonds. The van der Waals surface area contributed by atoms with Crippen molar-refractivity contribution in [2.75, 3.05) is 49.5 Å². The van der Waals surface area contributed by atoms with Crippen LogP contribution in [0.4, 0.5) is 30.2 Å². The minimum atomic E-state index is -1.21. The topological polar surface area (TPSA) is 88.0 Å². The van der Waals surface area contributed by atoms with E-state index in [1.807, 2.05) is 0 Å². The molecule has 2 heterocycles. The molecule has 2 saturated heterocycles. The van der Waals surface area contributed by atoms with Gasteiger partial charge in [0.05, 0.1) is 28.3 Å². The molecule has 0 unspecified atom stereocenters. The van der Waals surface area contributed by atoms with Gasteiger partial charge in [0.2, 0.25) is 0 Å². The van der Waals surface area contributed by atoms with Crippen LogP contribution in [0.2, 0.25) is 0 Å². The van der Waals surface area contributed by atoms with E-state index >= 15 is 0 Å². The molecule has 0 aliphatic carbocycles. The summed E-state index contributed by atoms with van der Waals surface area (Å²) in [6.45, 7) is 1.74. The number of carbonyl (C=O) groups is 1.